The fourth-order valence-corrected chi connectivity index (χ4v) is 2.56. The van der Waals surface area contributed by atoms with Gasteiger partial charge in [0.1, 0.15) is 0 Å². The summed E-state index contributed by atoms with van der Waals surface area (Å²) in [4.78, 5) is 0. The molecule has 1 atom stereocenters. The molecule has 2 heteroatoms. The zero-order chi connectivity index (χ0) is 15.9. The Bertz CT molecular complexity index is 394. The maximum Gasteiger partial charge on any atom is 0.0518 e. The molecule has 21 heavy (non-hydrogen) atoms. The van der Waals surface area contributed by atoms with E-state index in [1.54, 1.807) is 0 Å². The molecule has 2 nitrogen and oxygen atoms in total. The van der Waals surface area contributed by atoms with Crippen molar-refractivity contribution >= 4 is 0 Å². The Morgan fingerprint density at radius 2 is 1.71 bits per heavy atom. The van der Waals surface area contributed by atoms with Crippen molar-refractivity contribution in [2.75, 3.05) is 13.2 Å². The van der Waals surface area contributed by atoms with E-state index < -0.39 is 0 Å². The molecule has 0 heterocycles. The summed E-state index contributed by atoms with van der Waals surface area (Å²) in [6, 6.07) is 10.9. The molecule has 0 amide bonds. The van der Waals surface area contributed by atoms with Crippen molar-refractivity contribution in [3.63, 3.8) is 0 Å². The average Bonchev–Trinajstić information content (AvgIpc) is 2.42. The predicted octanol–water partition coefficient (Wildman–Crippen LogP) is 4.54. The minimum Gasteiger partial charge on any atom is -0.379 e. The van der Waals surface area contributed by atoms with Crippen LogP contribution in [0.15, 0.2) is 30.3 Å². The SMILES string of the molecule is CCC(CCOC(C)C)(CNC(C)(C)C)c1ccccc1. The standard InChI is InChI=1S/C19H33NO/c1-7-19(13-14-21-16(2)3,15-20-18(4,5)6)17-11-9-8-10-12-17/h8-12,16,20H,7,13-15H2,1-6H3. The van der Waals surface area contributed by atoms with E-state index in [1.807, 2.05) is 0 Å². The Morgan fingerprint density at radius 3 is 2.19 bits per heavy atom. The summed E-state index contributed by atoms with van der Waals surface area (Å²) >= 11 is 0. The highest BCUT2D eigenvalue weighted by Crippen LogP contribution is 2.32. The van der Waals surface area contributed by atoms with Gasteiger partial charge in [-0.05, 0) is 53.0 Å². The summed E-state index contributed by atoms with van der Waals surface area (Å²) in [5, 5.41) is 3.69. The van der Waals surface area contributed by atoms with Crippen LogP contribution in [0.5, 0.6) is 0 Å². The van der Waals surface area contributed by atoms with Crippen LogP contribution in [0.2, 0.25) is 0 Å². The van der Waals surface area contributed by atoms with Crippen molar-refractivity contribution in [2.45, 2.75) is 71.4 Å². The summed E-state index contributed by atoms with van der Waals surface area (Å²) in [6.45, 7) is 15.0. The van der Waals surface area contributed by atoms with E-state index in [4.69, 9.17) is 4.74 Å². The van der Waals surface area contributed by atoms with Gasteiger partial charge in [-0.15, -0.1) is 0 Å². The van der Waals surface area contributed by atoms with Gasteiger partial charge in [0.2, 0.25) is 0 Å². The second-order valence-electron chi connectivity index (χ2n) is 7.27. The van der Waals surface area contributed by atoms with Crippen LogP contribution in [-0.2, 0) is 10.2 Å². The van der Waals surface area contributed by atoms with Crippen molar-refractivity contribution in [3.05, 3.63) is 35.9 Å². The molecule has 0 aromatic heterocycles. The number of nitrogens with one attached hydrogen (secondary N) is 1. The van der Waals surface area contributed by atoms with Crippen LogP contribution in [0.4, 0.5) is 0 Å². The third kappa shape index (κ3) is 6.19. The molecule has 0 saturated carbocycles. The highest BCUT2D eigenvalue weighted by atomic mass is 16.5. The predicted molar refractivity (Wildman–Crippen MR) is 91.9 cm³/mol. The molecule has 0 saturated heterocycles. The summed E-state index contributed by atoms with van der Waals surface area (Å²) in [5.41, 5.74) is 1.69. The zero-order valence-electron chi connectivity index (χ0n) is 14.7. The zero-order valence-corrected chi connectivity index (χ0v) is 14.7. The van der Waals surface area contributed by atoms with Gasteiger partial charge in [-0.3, -0.25) is 0 Å². The fourth-order valence-electron chi connectivity index (χ4n) is 2.56. The number of ether oxygens (including phenoxy) is 1. The molecule has 0 bridgehead atoms. The molecule has 1 aromatic rings. The molecule has 1 rings (SSSR count). The number of rotatable bonds is 8. The Labute approximate surface area is 131 Å². The molecular formula is C19H33NO. The van der Waals surface area contributed by atoms with E-state index in [0.29, 0.717) is 6.10 Å². The number of hydrogen-bond donors (Lipinski definition) is 1. The molecule has 0 aliphatic carbocycles. The van der Waals surface area contributed by atoms with Crippen molar-refractivity contribution < 1.29 is 4.74 Å². The quantitative estimate of drug-likeness (QED) is 0.759. The molecule has 0 spiro atoms. The minimum absolute atomic E-state index is 0.133. The lowest BCUT2D eigenvalue weighted by Gasteiger charge is -2.37. The maximum atomic E-state index is 5.82. The van der Waals surface area contributed by atoms with E-state index in [1.165, 1.54) is 5.56 Å². The van der Waals surface area contributed by atoms with Crippen LogP contribution in [-0.4, -0.2) is 24.8 Å². The van der Waals surface area contributed by atoms with Crippen LogP contribution in [0.25, 0.3) is 0 Å². The first-order valence-electron chi connectivity index (χ1n) is 8.21. The number of benzene rings is 1. The average molecular weight is 291 g/mol. The Kier molecular flexibility index (Phi) is 6.89. The summed E-state index contributed by atoms with van der Waals surface area (Å²) in [6.07, 6.45) is 2.46. The van der Waals surface area contributed by atoms with Crippen LogP contribution in [0.1, 0.15) is 59.9 Å². The third-order valence-corrected chi connectivity index (χ3v) is 4.05. The van der Waals surface area contributed by atoms with Gasteiger partial charge in [-0.2, -0.15) is 0 Å². The molecular weight excluding hydrogens is 258 g/mol. The smallest absolute Gasteiger partial charge is 0.0518 e. The second-order valence-corrected chi connectivity index (χ2v) is 7.27. The molecule has 0 aliphatic rings. The first-order valence-corrected chi connectivity index (χ1v) is 8.21. The number of hydrogen-bond acceptors (Lipinski definition) is 2. The van der Waals surface area contributed by atoms with Gasteiger partial charge in [0.25, 0.3) is 0 Å². The lowest BCUT2D eigenvalue weighted by Crippen LogP contribution is -2.46. The van der Waals surface area contributed by atoms with Gasteiger partial charge in [-0.1, -0.05) is 37.3 Å². The fraction of sp³-hybridized carbons (Fsp3) is 0.684. The third-order valence-electron chi connectivity index (χ3n) is 4.05. The van der Waals surface area contributed by atoms with Crippen molar-refractivity contribution in [1.29, 1.82) is 0 Å². The van der Waals surface area contributed by atoms with E-state index in [0.717, 1.165) is 26.0 Å². The van der Waals surface area contributed by atoms with Crippen LogP contribution >= 0.6 is 0 Å². The second kappa shape index (κ2) is 7.95. The Morgan fingerprint density at radius 1 is 1.10 bits per heavy atom. The van der Waals surface area contributed by atoms with Crippen LogP contribution < -0.4 is 5.32 Å². The summed E-state index contributed by atoms with van der Waals surface area (Å²) in [5.74, 6) is 0. The lowest BCUT2D eigenvalue weighted by molar-refractivity contribution is 0.0619. The minimum atomic E-state index is 0.133. The summed E-state index contributed by atoms with van der Waals surface area (Å²) in [7, 11) is 0. The van der Waals surface area contributed by atoms with Gasteiger partial charge < -0.3 is 10.1 Å². The first kappa shape index (κ1) is 18.2. The monoisotopic (exact) mass is 291 g/mol. The van der Waals surface area contributed by atoms with Crippen molar-refractivity contribution in [1.82, 2.24) is 5.32 Å². The van der Waals surface area contributed by atoms with Gasteiger partial charge in [0.05, 0.1) is 6.10 Å². The molecule has 0 fully saturated rings. The summed E-state index contributed by atoms with van der Waals surface area (Å²) < 4.78 is 5.82. The van der Waals surface area contributed by atoms with Crippen molar-refractivity contribution in [2.24, 2.45) is 0 Å². The Balaban J connectivity index is 2.90. The molecule has 1 N–H and O–H groups in total. The van der Waals surface area contributed by atoms with E-state index >= 15 is 0 Å². The van der Waals surface area contributed by atoms with Gasteiger partial charge in [0.15, 0.2) is 0 Å². The van der Waals surface area contributed by atoms with E-state index in [2.05, 4.69) is 77.2 Å². The molecule has 120 valence electrons. The largest absolute Gasteiger partial charge is 0.379 e. The van der Waals surface area contributed by atoms with Crippen molar-refractivity contribution in [3.8, 4) is 0 Å². The molecule has 0 aliphatic heterocycles. The van der Waals surface area contributed by atoms with Crippen LogP contribution in [0, 0.1) is 0 Å². The van der Waals surface area contributed by atoms with Gasteiger partial charge in [-0.25, -0.2) is 0 Å². The molecule has 1 unspecified atom stereocenters. The highest BCUT2D eigenvalue weighted by molar-refractivity contribution is 5.26. The van der Waals surface area contributed by atoms with Crippen LogP contribution in [0.3, 0.4) is 0 Å². The van der Waals surface area contributed by atoms with E-state index in [-0.39, 0.29) is 11.0 Å². The van der Waals surface area contributed by atoms with Gasteiger partial charge in [0, 0.05) is 24.1 Å². The Hall–Kier alpha value is -0.860. The molecule has 0 radical (unpaired) electrons. The molecule has 1 aromatic carbocycles. The van der Waals surface area contributed by atoms with Gasteiger partial charge >= 0.3 is 0 Å². The normalized spacial score (nSPS) is 15.2. The maximum absolute atomic E-state index is 5.82. The first-order chi connectivity index (χ1) is 9.79. The lowest BCUT2D eigenvalue weighted by atomic mass is 9.75. The topological polar surface area (TPSA) is 21.3 Å². The highest BCUT2D eigenvalue weighted by Gasteiger charge is 2.31. The van der Waals surface area contributed by atoms with E-state index in [9.17, 15) is 0 Å².